The second-order valence-corrected chi connectivity index (χ2v) is 5.85. The summed E-state index contributed by atoms with van der Waals surface area (Å²) in [6.07, 6.45) is 1.85. The van der Waals surface area contributed by atoms with E-state index in [1.165, 1.54) is 6.07 Å². The van der Waals surface area contributed by atoms with Crippen LogP contribution < -0.4 is 4.90 Å². The van der Waals surface area contributed by atoms with Crippen LogP contribution in [0.5, 0.6) is 0 Å². The van der Waals surface area contributed by atoms with E-state index in [0.717, 1.165) is 0 Å². The largest absolute Gasteiger partial charge is 0.369 e. The fourth-order valence-electron chi connectivity index (χ4n) is 3.04. The van der Waals surface area contributed by atoms with E-state index in [9.17, 15) is 9.18 Å². The van der Waals surface area contributed by atoms with Crippen LogP contribution in [0.25, 0.3) is 0 Å². The summed E-state index contributed by atoms with van der Waals surface area (Å²) >= 11 is 0. The van der Waals surface area contributed by atoms with Gasteiger partial charge in [0.15, 0.2) is 0 Å². The van der Waals surface area contributed by atoms with Crippen LogP contribution in [-0.4, -0.2) is 37.0 Å². The van der Waals surface area contributed by atoms with Gasteiger partial charge in [0.2, 0.25) is 5.91 Å². The Labute approximate surface area is 141 Å². The number of piperidine rings is 1. The van der Waals surface area contributed by atoms with Crippen molar-refractivity contribution in [1.29, 1.82) is 10.5 Å². The first-order valence-corrected chi connectivity index (χ1v) is 8.19. The zero-order valence-electron chi connectivity index (χ0n) is 13.6. The average molecular weight is 328 g/mol. The van der Waals surface area contributed by atoms with Gasteiger partial charge in [0.05, 0.1) is 30.7 Å². The van der Waals surface area contributed by atoms with Crippen molar-refractivity contribution in [2.45, 2.75) is 25.7 Å². The van der Waals surface area contributed by atoms with E-state index in [1.54, 1.807) is 23.1 Å². The average Bonchev–Trinajstić information content (AvgIpc) is 2.62. The highest BCUT2D eigenvalue weighted by atomic mass is 19.1. The van der Waals surface area contributed by atoms with Crippen LogP contribution in [0.2, 0.25) is 0 Å². The van der Waals surface area contributed by atoms with Gasteiger partial charge in [-0.1, -0.05) is 12.1 Å². The Bertz CT molecular complexity index is 623. The van der Waals surface area contributed by atoms with Crippen molar-refractivity contribution in [2.24, 2.45) is 5.92 Å². The molecule has 0 bridgehead atoms. The van der Waals surface area contributed by atoms with Crippen LogP contribution in [0, 0.1) is 34.4 Å². The highest BCUT2D eigenvalue weighted by Crippen LogP contribution is 2.26. The molecule has 1 aromatic rings. The second-order valence-electron chi connectivity index (χ2n) is 5.85. The van der Waals surface area contributed by atoms with Crippen LogP contribution in [0.15, 0.2) is 24.3 Å². The normalized spacial score (nSPS) is 14.7. The van der Waals surface area contributed by atoms with Gasteiger partial charge in [-0.15, -0.1) is 0 Å². The summed E-state index contributed by atoms with van der Waals surface area (Å²) in [4.78, 5) is 16.2. The van der Waals surface area contributed by atoms with Gasteiger partial charge in [0, 0.05) is 32.1 Å². The highest BCUT2D eigenvalue weighted by molar-refractivity contribution is 5.79. The summed E-state index contributed by atoms with van der Waals surface area (Å²) in [5.74, 6) is -0.356. The van der Waals surface area contributed by atoms with E-state index in [2.05, 4.69) is 0 Å². The maximum Gasteiger partial charge on any atom is 0.225 e. The number of amides is 1. The predicted octanol–water partition coefficient (Wildman–Crippen LogP) is 2.70. The maximum absolute atomic E-state index is 13.9. The van der Waals surface area contributed by atoms with Crippen molar-refractivity contribution in [3.05, 3.63) is 30.1 Å². The topological polar surface area (TPSA) is 71.1 Å². The first-order chi connectivity index (χ1) is 11.7. The van der Waals surface area contributed by atoms with Crippen LogP contribution >= 0.6 is 0 Å². The van der Waals surface area contributed by atoms with E-state index in [4.69, 9.17) is 10.5 Å². The predicted molar refractivity (Wildman–Crippen MR) is 88.4 cm³/mol. The third-order valence-electron chi connectivity index (χ3n) is 4.34. The molecule has 0 spiro atoms. The molecule has 0 atom stereocenters. The number of nitrogens with zero attached hydrogens (tertiary/aromatic N) is 4. The molecule has 6 heteroatoms. The molecule has 0 aliphatic carbocycles. The maximum atomic E-state index is 13.9. The van der Waals surface area contributed by atoms with Gasteiger partial charge in [0.1, 0.15) is 5.82 Å². The molecule has 1 heterocycles. The molecular formula is C18H21FN4O. The number of hydrogen-bond acceptors (Lipinski definition) is 4. The van der Waals surface area contributed by atoms with Gasteiger partial charge in [-0.05, 0) is 25.0 Å². The number of nitriles is 2. The van der Waals surface area contributed by atoms with Crippen molar-refractivity contribution >= 4 is 11.6 Å². The Kier molecular flexibility index (Phi) is 6.57. The van der Waals surface area contributed by atoms with Gasteiger partial charge in [0.25, 0.3) is 0 Å². The molecule has 0 saturated carbocycles. The quantitative estimate of drug-likeness (QED) is 0.805. The number of hydrogen-bond donors (Lipinski definition) is 0. The van der Waals surface area contributed by atoms with Crippen LogP contribution in [0.1, 0.15) is 25.7 Å². The molecule has 0 N–H and O–H groups in total. The lowest BCUT2D eigenvalue weighted by Crippen LogP contribution is -2.43. The minimum Gasteiger partial charge on any atom is -0.369 e. The van der Waals surface area contributed by atoms with Crippen LogP contribution in [0.3, 0.4) is 0 Å². The lowest BCUT2D eigenvalue weighted by atomic mass is 9.94. The Hall–Kier alpha value is -2.60. The molecule has 1 saturated heterocycles. The molecule has 24 heavy (non-hydrogen) atoms. The Balaban J connectivity index is 1.94. The Morgan fingerprint density at radius 2 is 1.75 bits per heavy atom. The van der Waals surface area contributed by atoms with E-state index in [1.807, 2.05) is 17.0 Å². The monoisotopic (exact) mass is 328 g/mol. The third kappa shape index (κ3) is 4.45. The third-order valence-corrected chi connectivity index (χ3v) is 4.34. The fourth-order valence-corrected chi connectivity index (χ4v) is 3.04. The summed E-state index contributed by atoms with van der Waals surface area (Å²) in [6, 6.07) is 10.7. The number of anilines is 1. The van der Waals surface area contributed by atoms with Gasteiger partial charge in [-0.2, -0.15) is 10.5 Å². The summed E-state index contributed by atoms with van der Waals surface area (Å²) in [7, 11) is 0. The fraction of sp³-hybridized carbons (Fsp3) is 0.500. The van der Waals surface area contributed by atoms with Crippen molar-refractivity contribution in [3.63, 3.8) is 0 Å². The molecule has 1 fully saturated rings. The zero-order chi connectivity index (χ0) is 17.4. The number of para-hydroxylation sites is 1. The molecule has 1 aliphatic rings. The van der Waals surface area contributed by atoms with Gasteiger partial charge in [-0.3, -0.25) is 4.79 Å². The van der Waals surface area contributed by atoms with Crippen LogP contribution in [0.4, 0.5) is 10.1 Å². The van der Waals surface area contributed by atoms with E-state index < -0.39 is 0 Å². The van der Waals surface area contributed by atoms with Gasteiger partial charge in [-0.25, -0.2) is 4.39 Å². The minimum atomic E-state index is -0.244. The highest BCUT2D eigenvalue weighted by Gasteiger charge is 2.29. The Morgan fingerprint density at radius 3 is 2.29 bits per heavy atom. The molecule has 2 rings (SSSR count). The molecule has 0 radical (unpaired) electrons. The number of rotatable bonds is 6. The zero-order valence-corrected chi connectivity index (χ0v) is 13.6. The summed E-state index contributed by atoms with van der Waals surface area (Å²) in [5.41, 5.74) is 0.578. The van der Waals surface area contributed by atoms with Crippen molar-refractivity contribution in [2.75, 3.05) is 31.1 Å². The Morgan fingerprint density at radius 1 is 1.17 bits per heavy atom. The van der Waals surface area contributed by atoms with Crippen LogP contribution in [-0.2, 0) is 4.79 Å². The molecule has 126 valence electrons. The van der Waals surface area contributed by atoms with E-state index >= 15 is 0 Å². The number of carbonyl (C=O) groups excluding carboxylic acids is 1. The number of carbonyl (C=O) groups is 1. The second kappa shape index (κ2) is 8.88. The molecule has 0 unspecified atom stereocenters. The van der Waals surface area contributed by atoms with Crippen molar-refractivity contribution in [1.82, 2.24) is 4.90 Å². The molecule has 1 aromatic carbocycles. The number of benzene rings is 1. The smallest absolute Gasteiger partial charge is 0.225 e. The lowest BCUT2D eigenvalue weighted by molar-refractivity contribution is -0.136. The SMILES string of the molecule is N#CCCN(CCC#N)C(=O)C1CCN(c2ccccc2F)CC1. The summed E-state index contributed by atoms with van der Waals surface area (Å²) in [5, 5.41) is 17.4. The van der Waals surface area contributed by atoms with E-state index in [-0.39, 0.29) is 30.5 Å². The van der Waals surface area contributed by atoms with E-state index in [0.29, 0.717) is 44.7 Å². The minimum absolute atomic E-state index is 0.00804. The van der Waals surface area contributed by atoms with Crippen molar-refractivity contribution < 1.29 is 9.18 Å². The molecule has 1 aliphatic heterocycles. The number of halogens is 1. The summed E-state index contributed by atoms with van der Waals surface area (Å²) in [6.45, 7) is 1.98. The molecular weight excluding hydrogens is 307 g/mol. The first kappa shape index (κ1) is 17.7. The summed E-state index contributed by atoms with van der Waals surface area (Å²) < 4.78 is 13.9. The molecule has 0 aromatic heterocycles. The first-order valence-electron chi connectivity index (χ1n) is 8.19. The lowest BCUT2D eigenvalue weighted by Gasteiger charge is -2.35. The van der Waals surface area contributed by atoms with Gasteiger partial charge < -0.3 is 9.80 Å². The molecule has 5 nitrogen and oxygen atoms in total. The van der Waals surface area contributed by atoms with Crippen molar-refractivity contribution in [3.8, 4) is 12.1 Å². The standard InChI is InChI=1S/C18H21FN4O/c19-16-5-1-2-6-17(16)22-13-7-15(8-14-22)18(24)23(11-3-9-20)12-4-10-21/h1-2,5-6,15H,3-4,7-8,11-14H2. The van der Waals surface area contributed by atoms with Gasteiger partial charge >= 0.3 is 0 Å². The molecule has 1 amide bonds.